The smallest absolute Gasteiger partial charge is 0.267 e. The van der Waals surface area contributed by atoms with E-state index >= 15 is 0 Å². The molecule has 0 aliphatic carbocycles. The lowest BCUT2D eigenvalue weighted by atomic mass is 10.1. The average molecular weight is 410 g/mol. The minimum Gasteiger partial charge on any atom is -0.497 e. The van der Waals surface area contributed by atoms with Crippen molar-refractivity contribution in [3.8, 4) is 17.0 Å². The molecule has 7 heteroatoms. The number of para-hydroxylation sites is 1. The number of nitrogens with one attached hydrogen (secondary N) is 1. The quantitative estimate of drug-likeness (QED) is 0.469. The molecule has 2 aromatic heterocycles. The second-order valence-electron chi connectivity index (χ2n) is 6.06. The maximum Gasteiger partial charge on any atom is 0.267 e. The van der Waals surface area contributed by atoms with E-state index in [0.29, 0.717) is 26.1 Å². The predicted octanol–water partition coefficient (Wildman–Crippen LogP) is 5.46. The minimum absolute atomic E-state index is 0.306. The molecule has 1 amide bonds. The highest BCUT2D eigenvalue weighted by atomic mass is 35.5. The standard InChI is InChI=1S/C21H16ClN3O2S/c1-27-13-8-6-12(7-9-13)16-11-10-14-18(23)19(28-21(14)25-16)20(26)24-17-5-3-2-4-15(17)22/h2-11H,23H2,1H3,(H,24,26). The summed E-state index contributed by atoms with van der Waals surface area (Å²) in [7, 11) is 1.63. The number of halogens is 1. The Labute approximate surface area is 170 Å². The number of carbonyl (C=O) groups is 1. The van der Waals surface area contributed by atoms with Gasteiger partial charge in [0.1, 0.15) is 15.5 Å². The molecule has 0 bridgehead atoms. The topological polar surface area (TPSA) is 77.2 Å². The summed E-state index contributed by atoms with van der Waals surface area (Å²) in [5.41, 5.74) is 8.93. The summed E-state index contributed by atoms with van der Waals surface area (Å²) in [6, 6.07) is 18.5. The number of nitrogens with two attached hydrogens (primary N) is 1. The molecule has 0 aliphatic rings. The molecule has 0 atom stereocenters. The number of aromatic nitrogens is 1. The van der Waals surface area contributed by atoms with Gasteiger partial charge in [-0.3, -0.25) is 4.79 Å². The van der Waals surface area contributed by atoms with Crippen LogP contribution in [0.1, 0.15) is 9.67 Å². The minimum atomic E-state index is -0.306. The van der Waals surface area contributed by atoms with Gasteiger partial charge in [-0.15, -0.1) is 11.3 Å². The van der Waals surface area contributed by atoms with Crippen LogP contribution in [0, 0.1) is 0 Å². The van der Waals surface area contributed by atoms with Crippen molar-refractivity contribution in [2.45, 2.75) is 0 Å². The summed E-state index contributed by atoms with van der Waals surface area (Å²) >= 11 is 7.38. The normalized spacial score (nSPS) is 10.8. The van der Waals surface area contributed by atoms with Crippen molar-refractivity contribution in [1.29, 1.82) is 0 Å². The van der Waals surface area contributed by atoms with Gasteiger partial charge in [0.25, 0.3) is 5.91 Å². The number of benzene rings is 2. The number of methoxy groups -OCH3 is 1. The van der Waals surface area contributed by atoms with Crippen LogP contribution in [0.15, 0.2) is 60.7 Å². The summed E-state index contributed by atoms with van der Waals surface area (Å²) in [6.07, 6.45) is 0. The number of amides is 1. The molecular formula is C21H16ClN3O2S. The van der Waals surface area contributed by atoms with Gasteiger partial charge in [-0.25, -0.2) is 4.98 Å². The van der Waals surface area contributed by atoms with Gasteiger partial charge in [-0.05, 0) is 48.5 Å². The number of hydrogen-bond donors (Lipinski definition) is 2. The maximum absolute atomic E-state index is 12.7. The van der Waals surface area contributed by atoms with Crippen molar-refractivity contribution < 1.29 is 9.53 Å². The van der Waals surface area contributed by atoms with Gasteiger partial charge >= 0.3 is 0 Å². The second kappa shape index (κ2) is 7.50. The van der Waals surface area contributed by atoms with Crippen LogP contribution in [0.4, 0.5) is 11.4 Å². The van der Waals surface area contributed by atoms with Gasteiger partial charge in [0, 0.05) is 10.9 Å². The Bertz CT molecular complexity index is 1170. The van der Waals surface area contributed by atoms with E-state index in [2.05, 4.69) is 10.3 Å². The zero-order valence-electron chi connectivity index (χ0n) is 14.9. The predicted molar refractivity (Wildman–Crippen MR) is 115 cm³/mol. The van der Waals surface area contributed by atoms with Crippen molar-refractivity contribution in [3.05, 3.63) is 70.6 Å². The number of ether oxygens (including phenoxy) is 1. The van der Waals surface area contributed by atoms with E-state index in [1.165, 1.54) is 11.3 Å². The first kappa shape index (κ1) is 18.3. The van der Waals surface area contributed by atoms with E-state index in [1.807, 2.05) is 36.4 Å². The fourth-order valence-electron chi connectivity index (χ4n) is 2.83. The lowest BCUT2D eigenvalue weighted by molar-refractivity contribution is 0.103. The summed E-state index contributed by atoms with van der Waals surface area (Å²) < 4.78 is 5.19. The summed E-state index contributed by atoms with van der Waals surface area (Å²) in [5.74, 6) is 0.475. The number of nitrogen functional groups attached to an aromatic ring is 1. The SMILES string of the molecule is COc1ccc(-c2ccc3c(N)c(C(=O)Nc4ccccc4Cl)sc3n2)cc1. The summed E-state index contributed by atoms with van der Waals surface area (Å²) in [5, 5.41) is 4.03. The maximum atomic E-state index is 12.7. The van der Waals surface area contributed by atoms with Crippen LogP contribution < -0.4 is 15.8 Å². The molecule has 3 N–H and O–H groups in total. The monoisotopic (exact) mass is 409 g/mol. The van der Waals surface area contributed by atoms with Crippen molar-refractivity contribution in [2.24, 2.45) is 0 Å². The van der Waals surface area contributed by atoms with E-state index in [4.69, 9.17) is 22.1 Å². The Morgan fingerprint density at radius 2 is 1.86 bits per heavy atom. The van der Waals surface area contributed by atoms with Crippen LogP contribution in [0.3, 0.4) is 0 Å². The van der Waals surface area contributed by atoms with E-state index < -0.39 is 0 Å². The van der Waals surface area contributed by atoms with Crippen LogP contribution in [0.5, 0.6) is 5.75 Å². The van der Waals surface area contributed by atoms with Crippen LogP contribution in [0.25, 0.3) is 21.5 Å². The Morgan fingerprint density at radius 3 is 2.57 bits per heavy atom. The molecule has 5 nitrogen and oxygen atoms in total. The molecule has 2 aromatic carbocycles. The van der Waals surface area contributed by atoms with Gasteiger partial charge in [0.15, 0.2) is 0 Å². The molecule has 0 saturated heterocycles. The van der Waals surface area contributed by atoms with Crippen LogP contribution in [-0.2, 0) is 0 Å². The van der Waals surface area contributed by atoms with Crippen molar-refractivity contribution >= 4 is 50.4 Å². The van der Waals surface area contributed by atoms with Gasteiger partial charge in [0.2, 0.25) is 0 Å². The first-order valence-corrected chi connectivity index (χ1v) is 9.65. The lowest BCUT2D eigenvalue weighted by Gasteiger charge is -2.05. The number of hydrogen-bond acceptors (Lipinski definition) is 5. The third-order valence-corrected chi connectivity index (χ3v) is 5.75. The molecule has 2 heterocycles. The number of nitrogens with zero attached hydrogens (tertiary/aromatic N) is 1. The number of thiophene rings is 1. The summed E-state index contributed by atoms with van der Waals surface area (Å²) in [6.45, 7) is 0. The molecule has 0 saturated carbocycles. The Kier molecular flexibility index (Phi) is 4.90. The number of carbonyl (C=O) groups excluding carboxylic acids is 1. The Morgan fingerprint density at radius 1 is 1.11 bits per heavy atom. The molecule has 28 heavy (non-hydrogen) atoms. The zero-order valence-corrected chi connectivity index (χ0v) is 16.5. The van der Waals surface area contributed by atoms with Gasteiger partial charge < -0.3 is 15.8 Å². The van der Waals surface area contributed by atoms with Crippen molar-refractivity contribution in [3.63, 3.8) is 0 Å². The Balaban J connectivity index is 1.68. The number of fused-ring (bicyclic) bond motifs is 1. The fourth-order valence-corrected chi connectivity index (χ4v) is 4.00. The third kappa shape index (κ3) is 3.40. The number of rotatable bonds is 4. The van der Waals surface area contributed by atoms with Gasteiger partial charge in [-0.1, -0.05) is 23.7 Å². The molecule has 0 aliphatic heterocycles. The molecule has 0 spiro atoms. The first-order chi connectivity index (χ1) is 13.6. The largest absolute Gasteiger partial charge is 0.497 e. The van der Waals surface area contributed by atoms with Crippen molar-refractivity contribution in [2.75, 3.05) is 18.2 Å². The number of anilines is 2. The lowest BCUT2D eigenvalue weighted by Crippen LogP contribution is -2.12. The fraction of sp³-hybridized carbons (Fsp3) is 0.0476. The molecule has 0 radical (unpaired) electrons. The highest BCUT2D eigenvalue weighted by Gasteiger charge is 2.18. The van der Waals surface area contributed by atoms with Crippen LogP contribution >= 0.6 is 22.9 Å². The molecule has 0 unspecified atom stereocenters. The first-order valence-electron chi connectivity index (χ1n) is 8.46. The summed E-state index contributed by atoms with van der Waals surface area (Å²) in [4.78, 5) is 18.5. The van der Waals surface area contributed by atoms with E-state index in [9.17, 15) is 4.79 Å². The molecule has 140 valence electrons. The van der Waals surface area contributed by atoms with E-state index in [0.717, 1.165) is 22.4 Å². The van der Waals surface area contributed by atoms with E-state index in [1.54, 1.807) is 31.4 Å². The van der Waals surface area contributed by atoms with Crippen molar-refractivity contribution in [1.82, 2.24) is 4.98 Å². The average Bonchev–Trinajstić information content (AvgIpc) is 3.06. The second-order valence-corrected chi connectivity index (χ2v) is 7.46. The highest BCUT2D eigenvalue weighted by molar-refractivity contribution is 7.21. The van der Waals surface area contributed by atoms with Gasteiger partial charge in [-0.2, -0.15) is 0 Å². The zero-order chi connectivity index (χ0) is 19.7. The third-order valence-electron chi connectivity index (χ3n) is 4.31. The van der Waals surface area contributed by atoms with Gasteiger partial charge in [0.05, 0.1) is 29.2 Å². The van der Waals surface area contributed by atoms with Crippen LogP contribution in [-0.4, -0.2) is 18.0 Å². The molecular weight excluding hydrogens is 394 g/mol. The number of pyridine rings is 1. The molecule has 4 rings (SSSR count). The Hall–Kier alpha value is -3.09. The van der Waals surface area contributed by atoms with Crippen LogP contribution in [0.2, 0.25) is 5.02 Å². The molecule has 0 fully saturated rings. The molecule has 4 aromatic rings. The van der Waals surface area contributed by atoms with E-state index in [-0.39, 0.29) is 5.91 Å². The highest BCUT2D eigenvalue weighted by Crippen LogP contribution is 2.35.